The highest BCUT2D eigenvalue weighted by Crippen LogP contribution is 2.30. The second kappa shape index (κ2) is 5.28. The molecule has 0 spiro atoms. The van der Waals surface area contributed by atoms with Crippen LogP contribution in [0.3, 0.4) is 0 Å². The lowest BCUT2D eigenvalue weighted by Gasteiger charge is -2.08. The van der Waals surface area contributed by atoms with Gasteiger partial charge in [0, 0.05) is 11.2 Å². The Bertz CT molecular complexity index is 699. The molecule has 106 valence electrons. The fourth-order valence-corrected chi connectivity index (χ4v) is 2.91. The molecule has 0 heterocycles. The molecular weight excluding hydrogens is 287 g/mol. The highest BCUT2D eigenvalue weighted by Gasteiger charge is 2.30. The molecule has 2 aromatic carbocycles. The summed E-state index contributed by atoms with van der Waals surface area (Å²) >= 11 is 0. The second-order valence-corrected chi connectivity index (χ2v) is 6.51. The molecule has 6 heteroatoms. The monoisotopic (exact) mass is 299 g/mol. The van der Waals surface area contributed by atoms with Crippen LogP contribution in [0.2, 0.25) is 0 Å². The van der Waals surface area contributed by atoms with Crippen LogP contribution in [0, 0.1) is 0 Å². The zero-order valence-electron chi connectivity index (χ0n) is 10.6. The van der Waals surface area contributed by atoms with Crippen LogP contribution in [0.1, 0.15) is 5.56 Å². The summed E-state index contributed by atoms with van der Waals surface area (Å²) in [5.41, 5.74) is -0.240. The van der Waals surface area contributed by atoms with E-state index in [9.17, 15) is 17.4 Å². The maximum atomic E-state index is 12.5. The second-order valence-electron chi connectivity index (χ2n) is 4.25. The van der Waals surface area contributed by atoms with Crippen molar-refractivity contribution in [1.29, 1.82) is 0 Å². The summed E-state index contributed by atoms with van der Waals surface area (Å²) in [5, 5.41) is 0. The van der Waals surface area contributed by atoms with Crippen molar-refractivity contribution in [3.05, 3.63) is 60.2 Å². The Labute approximate surface area is 115 Å². The summed E-state index contributed by atoms with van der Waals surface area (Å²) in [6, 6.07) is 12.9. The molecule has 20 heavy (non-hydrogen) atoms. The summed E-state index contributed by atoms with van der Waals surface area (Å²) in [4.78, 5) is 0.273. The SMILES string of the molecule is CS(=O)(=Nc1ccccc1)c1ccc(C(F)(F)F)cc1. The van der Waals surface area contributed by atoms with E-state index in [2.05, 4.69) is 4.36 Å². The molecule has 0 aromatic heterocycles. The molecule has 0 amide bonds. The molecule has 1 atom stereocenters. The highest BCUT2D eigenvalue weighted by molar-refractivity contribution is 7.93. The minimum Gasteiger partial charge on any atom is -0.245 e. The standard InChI is InChI=1S/C14H12F3NOS/c1-20(19,18-12-5-3-2-4-6-12)13-9-7-11(8-10-13)14(15,16)17/h2-10H,1H3. The molecule has 2 rings (SSSR count). The number of nitrogens with zero attached hydrogens (tertiary/aromatic N) is 1. The van der Waals surface area contributed by atoms with Gasteiger partial charge in [0.05, 0.1) is 21.0 Å². The predicted octanol–water partition coefficient (Wildman–Crippen LogP) is 4.49. The van der Waals surface area contributed by atoms with Gasteiger partial charge in [0.15, 0.2) is 0 Å². The summed E-state index contributed by atoms with van der Waals surface area (Å²) in [6.45, 7) is 0. The first-order valence-electron chi connectivity index (χ1n) is 5.73. The Balaban J connectivity index is 2.40. The molecule has 0 saturated heterocycles. The summed E-state index contributed by atoms with van der Waals surface area (Å²) in [6.07, 6.45) is -2.99. The van der Waals surface area contributed by atoms with E-state index in [1.807, 2.05) is 0 Å². The fourth-order valence-electron chi connectivity index (χ4n) is 1.64. The highest BCUT2D eigenvalue weighted by atomic mass is 32.2. The average Bonchev–Trinajstić information content (AvgIpc) is 2.38. The van der Waals surface area contributed by atoms with E-state index in [0.29, 0.717) is 5.69 Å². The number of hydrogen-bond acceptors (Lipinski definition) is 2. The smallest absolute Gasteiger partial charge is 0.245 e. The van der Waals surface area contributed by atoms with Crippen LogP contribution >= 0.6 is 0 Å². The van der Waals surface area contributed by atoms with Gasteiger partial charge in [-0.3, -0.25) is 0 Å². The molecule has 0 fully saturated rings. The molecule has 0 aliphatic rings. The van der Waals surface area contributed by atoms with E-state index in [-0.39, 0.29) is 4.90 Å². The van der Waals surface area contributed by atoms with Crippen LogP contribution in [0.5, 0.6) is 0 Å². The Morgan fingerprint density at radius 1 is 0.950 bits per heavy atom. The van der Waals surface area contributed by atoms with Gasteiger partial charge in [0.1, 0.15) is 0 Å². The van der Waals surface area contributed by atoms with Gasteiger partial charge in [-0.05, 0) is 36.4 Å². The summed E-state index contributed by atoms with van der Waals surface area (Å²) in [5.74, 6) is 0. The molecule has 0 aliphatic heterocycles. The van der Waals surface area contributed by atoms with Crippen LogP contribution in [0.25, 0.3) is 0 Å². The van der Waals surface area contributed by atoms with Crippen molar-refractivity contribution < 1.29 is 17.4 Å². The Kier molecular flexibility index (Phi) is 3.85. The van der Waals surface area contributed by atoms with Crippen molar-refractivity contribution in [1.82, 2.24) is 0 Å². The maximum Gasteiger partial charge on any atom is 0.416 e. The van der Waals surface area contributed by atoms with Crippen molar-refractivity contribution in [2.75, 3.05) is 6.26 Å². The molecule has 2 aromatic rings. The third-order valence-electron chi connectivity index (χ3n) is 2.65. The molecule has 0 N–H and O–H groups in total. The van der Waals surface area contributed by atoms with Gasteiger partial charge in [0.25, 0.3) is 0 Å². The van der Waals surface area contributed by atoms with Gasteiger partial charge < -0.3 is 0 Å². The first kappa shape index (κ1) is 14.6. The largest absolute Gasteiger partial charge is 0.416 e. The van der Waals surface area contributed by atoms with Crippen LogP contribution in [0.4, 0.5) is 18.9 Å². The van der Waals surface area contributed by atoms with Gasteiger partial charge in [-0.1, -0.05) is 18.2 Å². The molecule has 2 nitrogen and oxygen atoms in total. The first-order valence-corrected chi connectivity index (χ1v) is 7.66. The third kappa shape index (κ3) is 3.39. The maximum absolute atomic E-state index is 12.5. The fraction of sp³-hybridized carbons (Fsp3) is 0.143. The molecule has 0 saturated carbocycles. The minimum atomic E-state index is -4.40. The molecule has 0 radical (unpaired) electrons. The lowest BCUT2D eigenvalue weighted by Crippen LogP contribution is -2.05. The van der Waals surface area contributed by atoms with E-state index >= 15 is 0 Å². The van der Waals surface area contributed by atoms with E-state index in [4.69, 9.17) is 0 Å². The Morgan fingerprint density at radius 2 is 1.50 bits per heavy atom. The number of hydrogen-bond donors (Lipinski definition) is 0. The van der Waals surface area contributed by atoms with Gasteiger partial charge >= 0.3 is 6.18 Å². The number of benzene rings is 2. The zero-order chi connectivity index (χ0) is 14.8. The first-order chi connectivity index (χ1) is 9.29. The van der Waals surface area contributed by atoms with Crippen molar-refractivity contribution in [2.24, 2.45) is 4.36 Å². The van der Waals surface area contributed by atoms with Crippen molar-refractivity contribution in [3.63, 3.8) is 0 Å². The predicted molar refractivity (Wildman–Crippen MR) is 72.3 cm³/mol. The van der Waals surface area contributed by atoms with Crippen molar-refractivity contribution in [2.45, 2.75) is 11.1 Å². The lowest BCUT2D eigenvalue weighted by molar-refractivity contribution is -0.137. The quantitative estimate of drug-likeness (QED) is 0.803. The van der Waals surface area contributed by atoms with Crippen LogP contribution in [0.15, 0.2) is 63.9 Å². The van der Waals surface area contributed by atoms with E-state index in [1.165, 1.54) is 18.4 Å². The summed E-state index contributed by atoms with van der Waals surface area (Å²) in [7, 11) is -2.77. The average molecular weight is 299 g/mol. The van der Waals surface area contributed by atoms with E-state index < -0.39 is 21.5 Å². The van der Waals surface area contributed by atoms with E-state index in [0.717, 1.165) is 12.1 Å². The Hall–Kier alpha value is -1.82. The normalized spacial score (nSPS) is 14.6. The van der Waals surface area contributed by atoms with Gasteiger partial charge in [-0.2, -0.15) is 17.5 Å². The Morgan fingerprint density at radius 3 is 2.00 bits per heavy atom. The van der Waals surface area contributed by atoms with E-state index in [1.54, 1.807) is 30.3 Å². The zero-order valence-corrected chi connectivity index (χ0v) is 11.4. The lowest BCUT2D eigenvalue weighted by atomic mass is 10.2. The van der Waals surface area contributed by atoms with Crippen LogP contribution in [-0.4, -0.2) is 10.5 Å². The number of alkyl halides is 3. The minimum absolute atomic E-state index is 0.273. The molecular formula is C14H12F3NOS. The van der Waals surface area contributed by atoms with Crippen LogP contribution in [-0.2, 0) is 15.9 Å². The van der Waals surface area contributed by atoms with Gasteiger partial charge in [-0.25, -0.2) is 4.21 Å². The molecule has 0 aliphatic carbocycles. The molecule has 1 unspecified atom stereocenters. The van der Waals surface area contributed by atoms with Crippen molar-refractivity contribution >= 4 is 15.4 Å². The van der Waals surface area contributed by atoms with Crippen LogP contribution < -0.4 is 0 Å². The topological polar surface area (TPSA) is 29.4 Å². The third-order valence-corrected chi connectivity index (χ3v) is 4.36. The number of rotatable bonds is 2. The van der Waals surface area contributed by atoms with Gasteiger partial charge in [-0.15, -0.1) is 0 Å². The molecule has 0 bridgehead atoms. The van der Waals surface area contributed by atoms with Crippen molar-refractivity contribution in [3.8, 4) is 0 Å². The number of halogens is 3. The van der Waals surface area contributed by atoms with Gasteiger partial charge in [0.2, 0.25) is 0 Å². The summed E-state index contributed by atoms with van der Waals surface area (Å²) < 4.78 is 54.0.